The predicted molar refractivity (Wildman–Crippen MR) is 111 cm³/mol. The number of benzene rings is 1. The van der Waals surface area contributed by atoms with E-state index in [1.165, 1.54) is 29.5 Å². The van der Waals surface area contributed by atoms with Crippen LogP contribution in [0.5, 0.6) is 0 Å². The number of aryl methyl sites for hydroxylation is 2. The highest BCUT2D eigenvalue weighted by atomic mass is 19.4. The van der Waals surface area contributed by atoms with Crippen LogP contribution >= 0.6 is 0 Å². The fraction of sp³-hybridized carbons (Fsp3) is 0.409. The van der Waals surface area contributed by atoms with Crippen molar-refractivity contribution >= 4 is 16.7 Å². The van der Waals surface area contributed by atoms with Crippen molar-refractivity contribution in [2.24, 2.45) is 0 Å². The summed E-state index contributed by atoms with van der Waals surface area (Å²) in [5, 5.41) is 14.2. The molecule has 1 aliphatic heterocycles. The van der Waals surface area contributed by atoms with Gasteiger partial charge < -0.3 is 15.4 Å². The number of halogens is 3. The summed E-state index contributed by atoms with van der Waals surface area (Å²) >= 11 is 0. The van der Waals surface area contributed by atoms with E-state index >= 15 is 0 Å². The third kappa shape index (κ3) is 3.89. The van der Waals surface area contributed by atoms with Crippen molar-refractivity contribution in [3.63, 3.8) is 0 Å². The molecule has 1 aromatic carbocycles. The summed E-state index contributed by atoms with van der Waals surface area (Å²) in [7, 11) is 0. The van der Waals surface area contributed by atoms with Crippen molar-refractivity contribution in [3.8, 4) is 0 Å². The van der Waals surface area contributed by atoms with Crippen LogP contribution in [0.2, 0.25) is 0 Å². The number of alkyl halides is 3. The lowest BCUT2D eigenvalue weighted by Gasteiger charge is -2.34. The van der Waals surface area contributed by atoms with E-state index in [1.54, 1.807) is 6.07 Å². The number of aromatic amines is 1. The first-order valence-electron chi connectivity index (χ1n) is 10.0. The maximum Gasteiger partial charge on any atom is 0.433 e. The quantitative estimate of drug-likeness (QED) is 0.581. The molecule has 4 rings (SSSR count). The number of nitrogens with one attached hydrogen (secondary N) is 2. The topological polar surface area (TPSA) is 64.2 Å². The molecule has 160 valence electrons. The molecule has 2 aromatic heterocycles. The Morgan fingerprint density at radius 3 is 2.77 bits per heavy atom. The predicted octanol–water partition coefficient (Wildman–Crippen LogP) is 4.20. The fourth-order valence-electron chi connectivity index (χ4n) is 4.25. The molecule has 0 saturated carbocycles. The third-order valence-electron chi connectivity index (χ3n) is 5.76. The maximum absolute atomic E-state index is 13.1. The van der Waals surface area contributed by atoms with E-state index in [1.807, 2.05) is 0 Å². The number of fused-ring (bicyclic) bond motifs is 3. The van der Waals surface area contributed by atoms with E-state index < -0.39 is 11.9 Å². The highest BCUT2D eigenvalue weighted by molar-refractivity contribution is 5.85. The molecule has 0 spiro atoms. The van der Waals surface area contributed by atoms with E-state index in [4.69, 9.17) is 0 Å². The van der Waals surface area contributed by atoms with Crippen molar-refractivity contribution in [2.75, 3.05) is 31.6 Å². The molecular formula is C22H25F3N4O. The van der Waals surface area contributed by atoms with Crippen molar-refractivity contribution in [1.29, 1.82) is 0 Å². The van der Waals surface area contributed by atoms with Crippen LogP contribution in [0.15, 0.2) is 30.3 Å². The van der Waals surface area contributed by atoms with Gasteiger partial charge in [-0.2, -0.15) is 13.2 Å². The molecule has 5 nitrogen and oxygen atoms in total. The van der Waals surface area contributed by atoms with Crippen molar-refractivity contribution in [1.82, 2.24) is 14.9 Å². The number of hydrogen-bond donors (Lipinski definition) is 3. The van der Waals surface area contributed by atoms with Crippen molar-refractivity contribution < 1.29 is 18.3 Å². The normalized spacial score (nSPS) is 17.3. The second-order valence-corrected chi connectivity index (χ2v) is 7.84. The molecule has 0 amide bonds. The summed E-state index contributed by atoms with van der Waals surface area (Å²) in [5.41, 5.74) is 3.76. The number of hydrogen-bond acceptors (Lipinski definition) is 4. The number of nitrogens with zero attached hydrogens (tertiary/aromatic N) is 2. The smallest absolute Gasteiger partial charge is 0.394 e. The SMILES string of the molecule is Cc1ccc2[nH]c3c(c2c1)CCN(CCNc1ccc(C)c(C(F)(F)F)n1)C3CO. The Labute approximate surface area is 172 Å². The molecule has 1 unspecified atom stereocenters. The van der Waals surface area contributed by atoms with E-state index in [0.29, 0.717) is 13.1 Å². The molecule has 1 aliphatic rings. The van der Waals surface area contributed by atoms with Crippen LogP contribution in [-0.4, -0.2) is 46.2 Å². The first-order valence-corrected chi connectivity index (χ1v) is 10.0. The summed E-state index contributed by atoms with van der Waals surface area (Å²) in [6.45, 7) is 5.22. The van der Waals surface area contributed by atoms with Crippen LogP contribution in [0.25, 0.3) is 10.9 Å². The summed E-state index contributed by atoms with van der Waals surface area (Å²) in [5.74, 6) is 0.201. The lowest BCUT2D eigenvalue weighted by atomic mass is 9.97. The van der Waals surface area contributed by atoms with Gasteiger partial charge in [0.2, 0.25) is 0 Å². The first kappa shape index (κ1) is 20.7. The lowest BCUT2D eigenvalue weighted by Crippen LogP contribution is -2.40. The summed E-state index contributed by atoms with van der Waals surface area (Å²) in [6.07, 6.45) is -3.61. The number of rotatable bonds is 5. The molecule has 0 saturated heterocycles. The molecule has 3 N–H and O–H groups in total. The largest absolute Gasteiger partial charge is 0.433 e. The van der Waals surface area contributed by atoms with Crippen LogP contribution in [0, 0.1) is 13.8 Å². The Bertz CT molecular complexity index is 1060. The monoisotopic (exact) mass is 418 g/mol. The number of pyridine rings is 1. The van der Waals surface area contributed by atoms with Gasteiger partial charge in [0.1, 0.15) is 11.5 Å². The average Bonchev–Trinajstić information content (AvgIpc) is 3.06. The van der Waals surface area contributed by atoms with Gasteiger partial charge >= 0.3 is 6.18 Å². The van der Waals surface area contributed by atoms with Crippen LogP contribution in [0.3, 0.4) is 0 Å². The maximum atomic E-state index is 13.1. The van der Waals surface area contributed by atoms with E-state index in [2.05, 4.69) is 45.3 Å². The molecule has 0 fully saturated rings. The second kappa shape index (κ2) is 7.92. The minimum atomic E-state index is -4.47. The van der Waals surface area contributed by atoms with Crippen LogP contribution < -0.4 is 5.32 Å². The fourth-order valence-corrected chi connectivity index (χ4v) is 4.25. The summed E-state index contributed by atoms with van der Waals surface area (Å²) in [4.78, 5) is 9.33. The molecule has 1 atom stereocenters. The van der Waals surface area contributed by atoms with Gasteiger partial charge in [0, 0.05) is 36.2 Å². The number of anilines is 1. The standard InChI is InChI=1S/C22H25F3N4O/c1-13-3-5-17-16(11-13)15-7-9-29(18(12-30)20(15)27-17)10-8-26-19-6-4-14(2)21(28-19)22(23,24)25/h3-6,11,18,27,30H,7-10,12H2,1-2H3,(H,26,28). The van der Waals surface area contributed by atoms with Gasteiger partial charge in [0.05, 0.1) is 12.6 Å². The molecular weight excluding hydrogens is 393 g/mol. The Morgan fingerprint density at radius 1 is 1.23 bits per heavy atom. The zero-order chi connectivity index (χ0) is 21.5. The summed E-state index contributed by atoms with van der Waals surface area (Å²) < 4.78 is 39.2. The highest BCUT2D eigenvalue weighted by Gasteiger charge is 2.34. The minimum Gasteiger partial charge on any atom is -0.394 e. The van der Waals surface area contributed by atoms with Gasteiger partial charge in [-0.05, 0) is 49.6 Å². The van der Waals surface area contributed by atoms with E-state index in [0.717, 1.165) is 24.2 Å². The number of aromatic nitrogens is 2. The molecule has 30 heavy (non-hydrogen) atoms. The van der Waals surface area contributed by atoms with Gasteiger partial charge in [-0.1, -0.05) is 17.7 Å². The molecule has 0 radical (unpaired) electrons. The van der Waals surface area contributed by atoms with Gasteiger partial charge in [-0.15, -0.1) is 0 Å². The molecule has 8 heteroatoms. The number of H-pyrrole nitrogens is 1. The Balaban J connectivity index is 1.47. The zero-order valence-electron chi connectivity index (χ0n) is 17.0. The Morgan fingerprint density at radius 2 is 2.03 bits per heavy atom. The highest BCUT2D eigenvalue weighted by Crippen LogP contribution is 2.35. The van der Waals surface area contributed by atoms with Crippen molar-refractivity contribution in [2.45, 2.75) is 32.5 Å². The van der Waals surface area contributed by atoms with Gasteiger partial charge in [-0.25, -0.2) is 4.98 Å². The molecule has 0 bridgehead atoms. The van der Waals surface area contributed by atoms with E-state index in [9.17, 15) is 18.3 Å². The minimum absolute atomic E-state index is 0.0280. The zero-order valence-corrected chi connectivity index (χ0v) is 17.0. The van der Waals surface area contributed by atoms with E-state index in [-0.39, 0.29) is 24.0 Å². The van der Waals surface area contributed by atoms with Crippen LogP contribution in [0.4, 0.5) is 19.0 Å². The van der Waals surface area contributed by atoms with Crippen LogP contribution in [0.1, 0.15) is 34.1 Å². The first-order chi connectivity index (χ1) is 14.3. The van der Waals surface area contributed by atoms with Crippen molar-refractivity contribution in [3.05, 3.63) is 58.4 Å². The summed E-state index contributed by atoms with van der Waals surface area (Å²) in [6, 6.07) is 9.10. The van der Waals surface area contributed by atoms with Gasteiger partial charge in [-0.3, -0.25) is 4.90 Å². The number of aliphatic hydroxyl groups is 1. The second-order valence-electron chi connectivity index (χ2n) is 7.84. The lowest BCUT2D eigenvalue weighted by molar-refractivity contribution is -0.141. The van der Waals surface area contributed by atoms with Crippen LogP contribution in [-0.2, 0) is 12.6 Å². The third-order valence-corrected chi connectivity index (χ3v) is 5.76. The molecule has 3 heterocycles. The Kier molecular flexibility index (Phi) is 5.46. The van der Waals surface area contributed by atoms with Gasteiger partial charge in [0.15, 0.2) is 0 Å². The Hall–Kier alpha value is -2.58. The molecule has 0 aliphatic carbocycles. The molecule has 3 aromatic rings. The van der Waals surface area contributed by atoms with Gasteiger partial charge in [0.25, 0.3) is 0 Å². The average molecular weight is 418 g/mol. The number of aliphatic hydroxyl groups excluding tert-OH is 1.